The van der Waals surface area contributed by atoms with Crippen molar-refractivity contribution in [3.8, 4) is 0 Å². The molecule has 6 heteroatoms. The van der Waals surface area contributed by atoms with E-state index in [2.05, 4.69) is 14.5 Å². The van der Waals surface area contributed by atoms with Crippen molar-refractivity contribution < 1.29 is 9.90 Å². The van der Waals surface area contributed by atoms with Gasteiger partial charge in [-0.3, -0.25) is 4.90 Å². The number of rotatable bonds is 5. The fraction of sp³-hybridized carbons (Fsp3) is 0.438. The summed E-state index contributed by atoms with van der Waals surface area (Å²) in [6.07, 6.45) is 2.20. The minimum Gasteiger partial charge on any atom is -0.478 e. The molecule has 5 nitrogen and oxygen atoms in total. The number of aromatic carboxylic acids is 1. The number of hydrogen-bond donors (Lipinski definition) is 1. The summed E-state index contributed by atoms with van der Waals surface area (Å²) in [4.78, 5) is 14.6. The molecule has 0 saturated carbocycles. The maximum Gasteiger partial charge on any atom is 0.335 e. The number of aryl methyl sites for hydroxylation is 1. The van der Waals surface area contributed by atoms with Crippen molar-refractivity contribution in [2.45, 2.75) is 26.3 Å². The highest BCUT2D eigenvalue weighted by Crippen LogP contribution is 2.24. The van der Waals surface area contributed by atoms with Crippen molar-refractivity contribution in [3.63, 3.8) is 0 Å². The van der Waals surface area contributed by atoms with Gasteiger partial charge in [-0.1, -0.05) is 16.6 Å². The first kappa shape index (κ1) is 15.1. The van der Waals surface area contributed by atoms with E-state index in [4.69, 9.17) is 5.11 Å². The van der Waals surface area contributed by atoms with Gasteiger partial charge in [-0.15, -0.1) is 5.10 Å². The lowest BCUT2D eigenvalue weighted by molar-refractivity contribution is 0.0697. The van der Waals surface area contributed by atoms with E-state index in [1.807, 2.05) is 19.1 Å². The fourth-order valence-corrected chi connectivity index (χ4v) is 3.61. The van der Waals surface area contributed by atoms with Gasteiger partial charge in [-0.25, -0.2) is 4.79 Å². The number of carboxylic acids is 1. The number of aromatic nitrogens is 2. The van der Waals surface area contributed by atoms with Gasteiger partial charge >= 0.3 is 5.97 Å². The molecule has 1 atom stereocenters. The average Bonchev–Trinajstić information content (AvgIpc) is 3.10. The Kier molecular flexibility index (Phi) is 4.49. The van der Waals surface area contributed by atoms with Gasteiger partial charge in [0.15, 0.2) is 0 Å². The number of carboxylic acid groups (broad SMARTS) is 1. The molecule has 1 saturated heterocycles. The molecule has 1 N–H and O–H groups in total. The molecule has 0 unspecified atom stereocenters. The second-order valence-corrected chi connectivity index (χ2v) is 6.72. The van der Waals surface area contributed by atoms with E-state index in [0.29, 0.717) is 11.5 Å². The first-order chi connectivity index (χ1) is 10.6. The van der Waals surface area contributed by atoms with Gasteiger partial charge in [0.2, 0.25) is 0 Å². The Morgan fingerprint density at radius 1 is 1.41 bits per heavy atom. The van der Waals surface area contributed by atoms with Gasteiger partial charge in [0.1, 0.15) is 0 Å². The largest absolute Gasteiger partial charge is 0.478 e. The number of carbonyl (C=O) groups is 1. The molecule has 116 valence electrons. The van der Waals surface area contributed by atoms with Crippen LogP contribution in [0.1, 0.15) is 32.9 Å². The Labute approximate surface area is 133 Å². The van der Waals surface area contributed by atoms with Gasteiger partial charge in [-0.2, -0.15) is 0 Å². The molecule has 1 aromatic heterocycles. The van der Waals surface area contributed by atoms with Crippen LogP contribution in [-0.2, 0) is 13.0 Å². The van der Waals surface area contributed by atoms with Crippen molar-refractivity contribution in [2.24, 2.45) is 5.92 Å². The van der Waals surface area contributed by atoms with Crippen LogP contribution < -0.4 is 0 Å². The number of likely N-dealkylation sites (tertiary alicyclic amines) is 1. The minimum absolute atomic E-state index is 0.352. The van der Waals surface area contributed by atoms with E-state index in [-0.39, 0.29) is 0 Å². The predicted molar refractivity (Wildman–Crippen MR) is 85.1 cm³/mol. The average molecular weight is 317 g/mol. The van der Waals surface area contributed by atoms with Crippen molar-refractivity contribution in [2.75, 3.05) is 13.1 Å². The van der Waals surface area contributed by atoms with Crippen LogP contribution in [0.25, 0.3) is 0 Å². The highest BCUT2D eigenvalue weighted by atomic mass is 32.1. The SMILES string of the molecule is Cc1nnsc1CN1CC[C@@H](Cc2ccc(C(=O)O)cc2)C1. The van der Waals surface area contributed by atoms with Gasteiger partial charge in [0.25, 0.3) is 0 Å². The zero-order valence-electron chi connectivity index (χ0n) is 12.5. The zero-order valence-corrected chi connectivity index (χ0v) is 13.3. The summed E-state index contributed by atoms with van der Waals surface area (Å²) in [6, 6.07) is 7.25. The lowest BCUT2D eigenvalue weighted by Gasteiger charge is -2.15. The molecular weight excluding hydrogens is 298 g/mol. The maximum atomic E-state index is 10.9. The standard InChI is InChI=1S/C16H19N3O2S/c1-11-15(22-18-17-11)10-19-7-6-13(9-19)8-12-2-4-14(5-3-12)16(20)21/h2-5,13H,6-10H2,1H3,(H,20,21)/t13-/m0/s1. The van der Waals surface area contributed by atoms with Crippen LogP contribution in [0.3, 0.4) is 0 Å². The third kappa shape index (κ3) is 3.51. The Hall–Kier alpha value is -1.79. The normalized spacial score (nSPS) is 18.7. The lowest BCUT2D eigenvalue weighted by atomic mass is 9.98. The van der Waals surface area contributed by atoms with Crippen LogP contribution >= 0.6 is 11.5 Å². The maximum absolute atomic E-state index is 10.9. The van der Waals surface area contributed by atoms with Gasteiger partial charge in [0, 0.05) is 13.1 Å². The summed E-state index contributed by atoms with van der Waals surface area (Å²) in [5, 5.41) is 13.0. The van der Waals surface area contributed by atoms with Crippen LogP contribution in [0.2, 0.25) is 0 Å². The summed E-state index contributed by atoms with van der Waals surface area (Å²) >= 11 is 1.49. The predicted octanol–water partition coefficient (Wildman–Crippen LogP) is 2.61. The van der Waals surface area contributed by atoms with Crippen LogP contribution in [0.4, 0.5) is 0 Å². The van der Waals surface area contributed by atoms with E-state index in [9.17, 15) is 4.79 Å². The molecule has 3 rings (SSSR count). The number of hydrogen-bond acceptors (Lipinski definition) is 5. The van der Waals surface area contributed by atoms with E-state index < -0.39 is 5.97 Å². The molecule has 0 amide bonds. The van der Waals surface area contributed by atoms with Crippen LogP contribution in [-0.4, -0.2) is 38.7 Å². The third-order valence-electron chi connectivity index (χ3n) is 4.21. The number of nitrogens with zero attached hydrogens (tertiary/aromatic N) is 3. The molecule has 1 fully saturated rings. The highest BCUT2D eigenvalue weighted by molar-refractivity contribution is 7.05. The molecule has 0 spiro atoms. The van der Waals surface area contributed by atoms with Crippen molar-refractivity contribution in [1.29, 1.82) is 0 Å². The van der Waals surface area contributed by atoms with E-state index in [0.717, 1.165) is 31.7 Å². The molecule has 0 bridgehead atoms. The molecule has 1 aromatic carbocycles. The van der Waals surface area contributed by atoms with E-state index in [1.165, 1.54) is 28.4 Å². The van der Waals surface area contributed by atoms with Crippen molar-refractivity contribution >= 4 is 17.5 Å². The van der Waals surface area contributed by atoms with Crippen LogP contribution in [0.15, 0.2) is 24.3 Å². The smallest absolute Gasteiger partial charge is 0.335 e. The zero-order chi connectivity index (χ0) is 15.5. The highest BCUT2D eigenvalue weighted by Gasteiger charge is 2.23. The Morgan fingerprint density at radius 3 is 2.82 bits per heavy atom. The Bertz CT molecular complexity index is 654. The molecule has 0 aliphatic carbocycles. The summed E-state index contributed by atoms with van der Waals surface area (Å²) < 4.78 is 3.99. The summed E-state index contributed by atoms with van der Waals surface area (Å²) in [5.74, 6) is -0.232. The first-order valence-corrected chi connectivity index (χ1v) is 8.21. The molecular formula is C16H19N3O2S. The molecule has 1 aliphatic rings. The topological polar surface area (TPSA) is 66.3 Å². The van der Waals surface area contributed by atoms with Crippen LogP contribution in [0, 0.1) is 12.8 Å². The van der Waals surface area contributed by atoms with Gasteiger partial charge in [0.05, 0.1) is 16.1 Å². The van der Waals surface area contributed by atoms with Gasteiger partial charge < -0.3 is 5.11 Å². The monoisotopic (exact) mass is 317 g/mol. The fourth-order valence-electron chi connectivity index (χ4n) is 2.94. The minimum atomic E-state index is -0.868. The molecule has 0 radical (unpaired) electrons. The Morgan fingerprint density at radius 2 is 2.18 bits per heavy atom. The lowest BCUT2D eigenvalue weighted by Crippen LogP contribution is -2.20. The third-order valence-corrected chi connectivity index (χ3v) is 5.02. The van der Waals surface area contributed by atoms with Crippen molar-refractivity contribution in [3.05, 3.63) is 46.0 Å². The van der Waals surface area contributed by atoms with E-state index >= 15 is 0 Å². The molecule has 22 heavy (non-hydrogen) atoms. The summed E-state index contributed by atoms with van der Waals surface area (Å²) in [7, 11) is 0. The van der Waals surface area contributed by atoms with Crippen LogP contribution in [0.5, 0.6) is 0 Å². The van der Waals surface area contributed by atoms with Gasteiger partial charge in [-0.05, 0) is 61.5 Å². The van der Waals surface area contributed by atoms with E-state index in [1.54, 1.807) is 12.1 Å². The quantitative estimate of drug-likeness (QED) is 0.918. The first-order valence-electron chi connectivity index (χ1n) is 7.44. The van der Waals surface area contributed by atoms with Crippen molar-refractivity contribution in [1.82, 2.24) is 14.5 Å². The molecule has 1 aliphatic heterocycles. The molecule has 2 aromatic rings. The summed E-state index contributed by atoms with van der Waals surface area (Å²) in [6.45, 7) is 5.14. The summed E-state index contributed by atoms with van der Waals surface area (Å²) in [5.41, 5.74) is 2.61. The second-order valence-electron chi connectivity index (χ2n) is 5.88. The number of benzene rings is 1. The molecule has 2 heterocycles. The second kappa shape index (κ2) is 6.54. The Balaban J connectivity index is 1.54.